The van der Waals surface area contributed by atoms with Crippen molar-refractivity contribution in [2.45, 2.75) is 0 Å². The number of nitrogens with zero attached hydrogens (tertiary/aromatic N) is 2. The fourth-order valence-electron chi connectivity index (χ4n) is 7.79. The Labute approximate surface area is 286 Å². The van der Waals surface area contributed by atoms with Crippen LogP contribution in [0.25, 0.3) is 110 Å². The third-order valence-corrected chi connectivity index (χ3v) is 10.0. The van der Waals surface area contributed by atoms with Crippen LogP contribution in [0.3, 0.4) is 0 Å². The molecule has 0 aliphatic rings. The van der Waals surface area contributed by atoms with Crippen molar-refractivity contribution in [1.82, 2.24) is 9.97 Å². The summed E-state index contributed by atoms with van der Waals surface area (Å²) >= 11 is 0. The molecule has 4 nitrogen and oxygen atoms in total. The molecule has 0 saturated heterocycles. The lowest BCUT2D eigenvalue weighted by Gasteiger charge is -2.14. The van der Waals surface area contributed by atoms with Crippen molar-refractivity contribution in [3.05, 3.63) is 158 Å². The van der Waals surface area contributed by atoms with Gasteiger partial charge < -0.3 is 8.83 Å². The van der Waals surface area contributed by atoms with Crippen LogP contribution >= 0.6 is 0 Å². The van der Waals surface area contributed by atoms with E-state index in [1.807, 2.05) is 24.3 Å². The lowest BCUT2D eigenvalue weighted by molar-refractivity contribution is 0.667. The van der Waals surface area contributed by atoms with Gasteiger partial charge in [0.2, 0.25) is 0 Å². The van der Waals surface area contributed by atoms with Crippen LogP contribution < -0.4 is 0 Å². The van der Waals surface area contributed by atoms with E-state index in [9.17, 15) is 0 Å². The maximum absolute atomic E-state index is 6.50. The molecule has 11 rings (SSSR count). The van der Waals surface area contributed by atoms with E-state index in [-0.39, 0.29) is 0 Å². The van der Waals surface area contributed by atoms with E-state index >= 15 is 0 Å². The summed E-state index contributed by atoms with van der Waals surface area (Å²) < 4.78 is 12.9. The molecular weight excluding hydrogens is 613 g/mol. The molecule has 0 spiro atoms. The molecule has 0 fully saturated rings. The summed E-state index contributed by atoms with van der Waals surface area (Å²) in [6.45, 7) is 0. The zero-order chi connectivity index (χ0) is 32.8. The summed E-state index contributed by atoms with van der Waals surface area (Å²) in [6.07, 6.45) is 0. The molecule has 0 saturated carbocycles. The topological polar surface area (TPSA) is 52.1 Å². The lowest BCUT2D eigenvalue weighted by Crippen LogP contribution is -1.95. The van der Waals surface area contributed by atoms with Gasteiger partial charge in [-0.3, -0.25) is 0 Å². The van der Waals surface area contributed by atoms with E-state index in [1.54, 1.807) is 0 Å². The smallest absolute Gasteiger partial charge is 0.180 e. The average molecular weight is 639 g/mol. The predicted octanol–water partition coefficient (Wildman–Crippen LogP) is 12.7. The highest BCUT2D eigenvalue weighted by Crippen LogP contribution is 2.47. The number of benzene rings is 8. The minimum atomic E-state index is 0.650. The lowest BCUT2D eigenvalue weighted by atomic mass is 9.89. The number of furan rings is 2. The van der Waals surface area contributed by atoms with Gasteiger partial charge in [0.05, 0.1) is 0 Å². The van der Waals surface area contributed by atoms with Gasteiger partial charge in [0, 0.05) is 32.7 Å². The Hall–Kier alpha value is -6.78. The Morgan fingerprint density at radius 2 is 1.06 bits per heavy atom. The SMILES string of the molecule is c1ccc(-c2cccc(-c3nc(-c4ccc5c(c4)c4c(-c6ccccc6)ccc6oc7cccc5c7c64)nc4c3oc3ccccc34)c2)cc1. The fourth-order valence-corrected chi connectivity index (χ4v) is 7.79. The Morgan fingerprint density at radius 3 is 1.94 bits per heavy atom. The van der Waals surface area contributed by atoms with E-state index in [0.29, 0.717) is 11.4 Å². The summed E-state index contributed by atoms with van der Waals surface area (Å²) in [5, 5.41) is 7.95. The Balaban J connectivity index is 1.22. The number of fused-ring (bicyclic) bond motifs is 6. The van der Waals surface area contributed by atoms with Crippen LogP contribution in [0, 0.1) is 0 Å². The molecule has 0 aliphatic heterocycles. The quantitative estimate of drug-likeness (QED) is 0.180. The molecule has 0 unspecified atom stereocenters. The van der Waals surface area contributed by atoms with Crippen LogP contribution in [0.5, 0.6) is 0 Å². The van der Waals surface area contributed by atoms with E-state index in [0.717, 1.165) is 71.9 Å². The minimum absolute atomic E-state index is 0.650. The van der Waals surface area contributed by atoms with Gasteiger partial charge in [-0.25, -0.2) is 9.97 Å². The molecule has 3 heterocycles. The van der Waals surface area contributed by atoms with E-state index in [4.69, 9.17) is 18.8 Å². The number of rotatable bonds is 4. The van der Waals surface area contributed by atoms with Crippen molar-refractivity contribution >= 4 is 65.6 Å². The molecule has 0 N–H and O–H groups in total. The molecule has 232 valence electrons. The Kier molecular flexibility index (Phi) is 5.63. The average Bonchev–Trinajstić information content (AvgIpc) is 3.76. The molecule has 8 aromatic carbocycles. The number of aromatic nitrogens is 2. The third kappa shape index (κ3) is 3.93. The monoisotopic (exact) mass is 638 g/mol. The first-order valence-electron chi connectivity index (χ1n) is 16.8. The number of hydrogen-bond donors (Lipinski definition) is 0. The Morgan fingerprint density at radius 1 is 0.360 bits per heavy atom. The predicted molar refractivity (Wildman–Crippen MR) is 205 cm³/mol. The van der Waals surface area contributed by atoms with Crippen molar-refractivity contribution in [3.63, 3.8) is 0 Å². The molecule has 0 aliphatic carbocycles. The van der Waals surface area contributed by atoms with Crippen molar-refractivity contribution in [2.75, 3.05) is 0 Å². The van der Waals surface area contributed by atoms with E-state index < -0.39 is 0 Å². The maximum atomic E-state index is 6.50. The van der Waals surface area contributed by atoms with Gasteiger partial charge in [-0.15, -0.1) is 0 Å². The van der Waals surface area contributed by atoms with Gasteiger partial charge in [0.1, 0.15) is 28.0 Å². The second kappa shape index (κ2) is 10.4. The van der Waals surface area contributed by atoms with Gasteiger partial charge in [-0.05, 0) is 74.8 Å². The molecule has 3 aromatic heterocycles. The largest absolute Gasteiger partial charge is 0.456 e. The zero-order valence-electron chi connectivity index (χ0n) is 26.7. The second-order valence-corrected chi connectivity index (χ2v) is 12.9. The highest BCUT2D eigenvalue weighted by Gasteiger charge is 2.22. The third-order valence-electron chi connectivity index (χ3n) is 10.0. The summed E-state index contributed by atoms with van der Waals surface area (Å²) in [5.74, 6) is 0.650. The summed E-state index contributed by atoms with van der Waals surface area (Å²) in [7, 11) is 0. The molecule has 0 bridgehead atoms. The van der Waals surface area contributed by atoms with Crippen LogP contribution in [0.4, 0.5) is 0 Å². The van der Waals surface area contributed by atoms with Crippen molar-refractivity contribution in [1.29, 1.82) is 0 Å². The molecule has 0 atom stereocenters. The van der Waals surface area contributed by atoms with E-state index in [2.05, 4.69) is 133 Å². The molecule has 50 heavy (non-hydrogen) atoms. The first kappa shape index (κ1) is 27.2. The Bertz CT molecular complexity index is 3080. The fraction of sp³-hybridized carbons (Fsp3) is 0. The van der Waals surface area contributed by atoms with Crippen LogP contribution in [0.1, 0.15) is 0 Å². The summed E-state index contributed by atoms with van der Waals surface area (Å²) in [5.41, 5.74) is 11.4. The standard InChI is InChI=1S/C46H26N2O2/c1-3-11-27(12-4-1)29-15-9-16-30(25-29)43-45-44(35-17-7-8-19-37(35)50-45)48-46(47-43)31-21-22-33-34-18-10-20-38-41(34)42-39(49-38)24-23-32(40(42)36(33)26-31)28-13-5-2-6-14-28/h1-26H. The first-order chi connectivity index (χ1) is 24.8. The molecule has 11 aromatic rings. The van der Waals surface area contributed by atoms with Gasteiger partial charge in [-0.1, -0.05) is 121 Å². The maximum Gasteiger partial charge on any atom is 0.180 e. The second-order valence-electron chi connectivity index (χ2n) is 12.9. The highest BCUT2D eigenvalue weighted by atomic mass is 16.3. The van der Waals surface area contributed by atoms with Crippen LogP contribution in [0.15, 0.2) is 167 Å². The summed E-state index contributed by atoms with van der Waals surface area (Å²) in [4.78, 5) is 10.5. The molecular formula is C46H26N2O2. The molecule has 0 amide bonds. The van der Waals surface area contributed by atoms with Crippen LogP contribution in [-0.4, -0.2) is 9.97 Å². The van der Waals surface area contributed by atoms with Crippen molar-refractivity contribution in [2.24, 2.45) is 0 Å². The van der Waals surface area contributed by atoms with Crippen molar-refractivity contribution < 1.29 is 8.83 Å². The van der Waals surface area contributed by atoms with Crippen molar-refractivity contribution in [3.8, 4) is 44.9 Å². The molecule has 0 radical (unpaired) electrons. The highest BCUT2D eigenvalue weighted by molar-refractivity contribution is 6.35. The van der Waals surface area contributed by atoms with Gasteiger partial charge >= 0.3 is 0 Å². The van der Waals surface area contributed by atoms with Crippen LogP contribution in [-0.2, 0) is 0 Å². The number of hydrogen-bond acceptors (Lipinski definition) is 4. The summed E-state index contributed by atoms with van der Waals surface area (Å²) in [6, 6.07) is 54.9. The normalized spacial score (nSPS) is 12.0. The number of para-hydroxylation sites is 1. The first-order valence-corrected chi connectivity index (χ1v) is 16.8. The zero-order valence-corrected chi connectivity index (χ0v) is 26.7. The molecule has 4 heteroatoms. The van der Waals surface area contributed by atoms with E-state index in [1.165, 1.54) is 27.1 Å². The minimum Gasteiger partial charge on any atom is -0.456 e. The van der Waals surface area contributed by atoms with Gasteiger partial charge in [-0.2, -0.15) is 0 Å². The van der Waals surface area contributed by atoms with Crippen LogP contribution in [0.2, 0.25) is 0 Å². The van der Waals surface area contributed by atoms with Gasteiger partial charge in [0.15, 0.2) is 11.4 Å². The van der Waals surface area contributed by atoms with Gasteiger partial charge in [0.25, 0.3) is 0 Å².